The van der Waals surface area contributed by atoms with Gasteiger partial charge in [0.1, 0.15) is 5.82 Å². The molecule has 0 fully saturated rings. The van der Waals surface area contributed by atoms with Crippen molar-refractivity contribution >= 4 is 28.8 Å². The van der Waals surface area contributed by atoms with Gasteiger partial charge in [0.05, 0.1) is 0 Å². The van der Waals surface area contributed by atoms with E-state index >= 15 is 0 Å². The van der Waals surface area contributed by atoms with Gasteiger partial charge in [-0.05, 0) is 41.9 Å². The third-order valence-electron chi connectivity index (χ3n) is 3.57. The Labute approximate surface area is 143 Å². The fraction of sp³-hybridized carbons (Fsp3) is 0.333. The van der Waals surface area contributed by atoms with E-state index in [-0.39, 0.29) is 0 Å². The van der Waals surface area contributed by atoms with E-state index in [1.54, 1.807) is 6.20 Å². The van der Waals surface area contributed by atoms with Crippen LogP contribution in [-0.2, 0) is 6.54 Å². The predicted octanol–water partition coefficient (Wildman–Crippen LogP) is 3.76. The van der Waals surface area contributed by atoms with E-state index < -0.39 is 0 Å². The number of rotatable bonds is 5. The van der Waals surface area contributed by atoms with Gasteiger partial charge in [0.2, 0.25) is 0 Å². The highest BCUT2D eigenvalue weighted by atomic mass is 32.1. The summed E-state index contributed by atoms with van der Waals surface area (Å²) in [4.78, 5) is 6.39. The van der Waals surface area contributed by atoms with Crippen LogP contribution in [0.15, 0.2) is 42.6 Å². The molecule has 2 rings (SSSR count). The van der Waals surface area contributed by atoms with Crippen LogP contribution in [-0.4, -0.2) is 24.2 Å². The first kappa shape index (κ1) is 17.2. The summed E-state index contributed by atoms with van der Waals surface area (Å²) in [5, 5.41) is 7.05. The van der Waals surface area contributed by atoms with Crippen molar-refractivity contribution in [3.05, 3.63) is 53.7 Å². The van der Waals surface area contributed by atoms with Crippen molar-refractivity contribution in [2.24, 2.45) is 0 Å². The van der Waals surface area contributed by atoms with E-state index in [1.807, 2.05) is 25.1 Å². The molecule has 0 amide bonds. The summed E-state index contributed by atoms with van der Waals surface area (Å²) < 4.78 is 0. The maximum atomic E-state index is 5.37. The van der Waals surface area contributed by atoms with E-state index in [9.17, 15) is 0 Å². The molecule has 0 saturated carbocycles. The Morgan fingerprint density at radius 3 is 2.48 bits per heavy atom. The van der Waals surface area contributed by atoms with E-state index in [1.165, 1.54) is 5.56 Å². The normalized spacial score (nSPS) is 10.5. The standard InChI is InChI=1S/C18H24N4S/c1-13(2)14-7-9-16(10-8-14)21-18(23)20-12-15-6-5-11-19-17(15)22(3)4/h5-11,13H,12H2,1-4H3,(H2,20,21,23). The first-order valence-electron chi connectivity index (χ1n) is 7.73. The van der Waals surface area contributed by atoms with Gasteiger partial charge in [-0.1, -0.05) is 32.0 Å². The number of anilines is 2. The molecule has 0 aliphatic heterocycles. The van der Waals surface area contributed by atoms with Gasteiger partial charge < -0.3 is 15.5 Å². The fourth-order valence-electron chi connectivity index (χ4n) is 2.27. The quantitative estimate of drug-likeness (QED) is 0.818. The molecule has 0 atom stereocenters. The van der Waals surface area contributed by atoms with Gasteiger partial charge in [-0.15, -0.1) is 0 Å². The Morgan fingerprint density at radius 2 is 1.87 bits per heavy atom. The molecule has 23 heavy (non-hydrogen) atoms. The number of thiocarbonyl (C=S) groups is 1. The van der Waals surface area contributed by atoms with Crippen molar-refractivity contribution in [3.8, 4) is 0 Å². The van der Waals surface area contributed by atoms with Gasteiger partial charge in [-0.3, -0.25) is 0 Å². The lowest BCUT2D eigenvalue weighted by molar-refractivity contribution is 0.867. The summed E-state index contributed by atoms with van der Waals surface area (Å²) in [6.07, 6.45) is 1.80. The van der Waals surface area contributed by atoms with E-state index in [4.69, 9.17) is 12.2 Å². The highest BCUT2D eigenvalue weighted by molar-refractivity contribution is 7.80. The van der Waals surface area contributed by atoms with Crippen LogP contribution in [0, 0.1) is 0 Å². The zero-order chi connectivity index (χ0) is 16.8. The van der Waals surface area contributed by atoms with Crippen LogP contribution >= 0.6 is 12.2 Å². The van der Waals surface area contributed by atoms with Crippen LogP contribution in [0.3, 0.4) is 0 Å². The van der Waals surface area contributed by atoms with Gasteiger partial charge in [0.15, 0.2) is 5.11 Å². The zero-order valence-corrected chi connectivity index (χ0v) is 14.9. The molecule has 0 saturated heterocycles. The number of nitrogens with zero attached hydrogens (tertiary/aromatic N) is 2. The van der Waals surface area contributed by atoms with Crippen molar-refractivity contribution in [3.63, 3.8) is 0 Å². The molecule has 5 heteroatoms. The number of pyridine rings is 1. The first-order valence-corrected chi connectivity index (χ1v) is 8.14. The van der Waals surface area contributed by atoms with Gasteiger partial charge >= 0.3 is 0 Å². The van der Waals surface area contributed by atoms with Gasteiger partial charge in [-0.25, -0.2) is 4.98 Å². The molecule has 2 N–H and O–H groups in total. The minimum atomic E-state index is 0.532. The minimum Gasteiger partial charge on any atom is -0.362 e. The molecule has 0 spiro atoms. The second-order valence-electron chi connectivity index (χ2n) is 5.96. The smallest absolute Gasteiger partial charge is 0.171 e. The lowest BCUT2D eigenvalue weighted by Crippen LogP contribution is -2.28. The molecular formula is C18H24N4S. The van der Waals surface area contributed by atoms with Crippen molar-refractivity contribution in [2.75, 3.05) is 24.3 Å². The SMILES string of the molecule is CC(C)c1ccc(NC(=S)NCc2cccnc2N(C)C)cc1. The molecule has 1 aromatic heterocycles. The number of hydrogen-bond acceptors (Lipinski definition) is 3. The highest BCUT2D eigenvalue weighted by Gasteiger charge is 2.06. The average molecular weight is 328 g/mol. The summed E-state index contributed by atoms with van der Waals surface area (Å²) in [7, 11) is 3.97. The Hall–Kier alpha value is -2.14. The molecular weight excluding hydrogens is 304 g/mol. The van der Waals surface area contributed by atoms with Crippen molar-refractivity contribution < 1.29 is 0 Å². The summed E-state index contributed by atoms with van der Waals surface area (Å²) in [5.74, 6) is 1.48. The van der Waals surface area contributed by atoms with Crippen molar-refractivity contribution in [1.29, 1.82) is 0 Å². The Balaban J connectivity index is 1.93. The second kappa shape index (κ2) is 7.92. The van der Waals surface area contributed by atoms with Gasteiger partial charge in [0.25, 0.3) is 0 Å². The lowest BCUT2D eigenvalue weighted by Gasteiger charge is -2.17. The number of aromatic nitrogens is 1. The van der Waals surface area contributed by atoms with Gasteiger partial charge in [-0.2, -0.15) is 0 Å². The fourth-order valence-corrected chi connectivity index (χ4v) is 2.46. The van der Waals surface area contributed by atoms with Crippen molar-refractivity contribution in [2.45, 2.75) is 26.3 Å². The van der Waals surface area contributed by atoms with Crippen LogP contribution in [0.5, 0.6) is 0 Å². The van der Waals surface area contributed by atoms with Crippen LogP contribution in [0.2, 0.25) is 0 Å². The largest absolute Gasteiger partial charge is 0.362 e. The highest BCUT2D eigenvalue weighted by Crippen LogP contribution is 2.17. The van der Waals surface area contributed by atoms with Crippen LogP contribution in [0.25, 0.3) is 0 Å². The molecule has 0 unspecified atom stereocenters. The molecule has 122 valence electrons. The summed E-state index contributed by atoms with van der Waals surface area (Å²) >= 11 is 5.37. The Kier molecular flexibility index (Phi) is 5.93. The molecule has 0 aliphatic carbocycles. The van der Waals surface area contributed by atoms with E-state index in [0.717, 1.165) is 17.1 Å². The van der Waals surface area contributed by atoms with E-state index in [0.29, 0.717) is 17.6 Å². The number of nitrogens with one attached hydrogen (secondary N) is 2. The topological polar surface area (TPSA) is 40.2 Å². The minimum absolute atomic E-state index is 0.532. The maximum absolute atomic E-state index is 5.37. The molecule has 2 aromatic rings. The molecule has 4 nitrogen and oxygen atoms in total. The monoisotopic (exact) mass is 328 g/mol. The Morgan fingerprint density at radius 1 is 1.17 bits per heavy atom. The van der Waals surface area contributed by atoms with Crippen LogP contribution in [0.1, 0.15) is 30.9 Å². The Bertz CT molecular complexity index is 650. The number of hydrogen-bond donors (Lipinski definition) is 2. The molecule has 1 heterocycles. The lowest BCUT2D eigenvalue weighted by atomic mass is 10.0. The maximum Gasteiger partial charge on any atom is 0.171 e. The molecule has 0 bridgehead atoms. The molecule has 1 aromatic carbocycles. The first-order chi connectivity index (χ1) is 11.0. The van der Waals surface area contributed by atoms with Gasteiger partial charge in [0, 0.05) is 38.1 Å². The average Bonchev–Trinajstić information content (AvgIpc) is 2.53. The zero-order valence-electron chi connectivity index (χ0n) is 14.1. The third-order valence-corrected chi connectivity index (χ3v) is 3.81. The molecule has 0 aliphatic rings. The summed E-state index contributed by atoms with van der Waals surface area (Å²) in [6.45, 7) is 5.01. The summed E-state index contributed by atoms with van der Waals surface area (Å²) in [6, 6.07) is 12.3. The van der Waals surface area contributed by atoms with Crippen LogP contribution < -0.4 is 15.5 Å². The summed E-state index contributed by atoms with van der Waals surface area (Å²) in [5.41, 5.74) is 3.42. The second-order valence-corrected chi connectivity index (χ2v) is 6.37. The van der Waals surface area contributed by atoms with Crippen LogP contribution in [0.4, 0.5) is 11.5 Å². The van der Waals surface area contributed by atoms with Crippen molar-refractivity contribution in [1.82, 2.24) is 10.3 Å². The predicted molar refractivity (Wildman–Crippen MR) is 102 cm³/mol. The number of benzene rings is 1. The third kappa shape index (κ3) is 4.93. The van der Waals surface area contributed by atoms with E-state index in [2.05, 4.69) is 59.8 Å². The molecule has 0 radical (unpaired) electrons.